The van der Waals surface area contributed by atoms with Crippen LogP contribution in [-0.2, 0) is 21.2 Å². The van der Waals surface area contributed by atoms with Crippen LogP contribution in [0.1, 0.15) is 43.9 Å². The molecule has 0 aromatic heterocycles. The number of hydrogen-bond donors (Lipinski definition) is 1. The quantitative estimate of drug-likeness (QED) is 0.578. The second-order valence-corrected chi connectivity index (χ2v) is 9.64. The van der Waals surface area contributed by atoms with Gasteiger partial charge in [-0.05, 0) is 49.1 Å². The van der Waals surface area contributed by atoms with Gasteiger partial charge in [-0.2, -0.15) is 0 Å². The molecule has 2 aromatic rings. The molecule has 1 amide bonds. The summed E-state index contributed by atoms with van der Waals surface area (Å²) in [4.78, 5) is 12.3. The number of amides is 1. The van der Waals surface area contributed by atoms with Gasteiger partial charge in [-0.1, -0.05) is 54.4 Å². The topological polar surface area (TPSA) is 66.5 Å². The van der Waals surface area contributed by atoms with E-state index < -0.39 is 10.0 Å². The zero-order valence-electron chi connectivity index (χ0n) is 16.8. The summed E-state index contributed by atoms with van der Waals surface area (Å²) in [6.07, 6.45) is 2.68. The lowest BCUT2D eigenvalue weighted by molar-refractivity contribution is -0.121. The molecule has 0 fully saturated rings. The third-order valence-electron chi connectivity index (χ3n) is 4.62. The third-order valence-corrected chi connectivity index (χ3v) is 6.56. The molecule has 0 radical (unpaired) electrons. The molecule has 0 unspecified atom stereocenters. The Hall–Kier alpha value is -1.76. The fraction of sp³-hybridized carbons (Fsp3) is 0.381. The second-order valence-electron chi connectivity index (χ2n) is 6.92. The number of anilines is 1. The Morgan fingerprint density at radius 1 is 1.10 bits per heavy atom. The first-order valence-corrected chi connectivity index (χ1v) is 12.0. The Bertz CT molecular complexity index is 947. The molecule has 0 aliphatic heterocycles. The molecule has 1 N–H and O–H groups in total. The van der Waals surface area contributed by atoms with E-state index in [2.05, 4.69) is 24.4 Å². The number of rotatable bonds is 9. The molecular weight excluding hydrogens is 431 g/mol. The highest BCUT2D eigenvalue weighted by molar-refractivity contribution is 7.92. The van der Waals surface area contributed by atoms with Gasteiger partial charge in [0.05, 0.1) is 28.0 Å². The molecule has 158 valence electrons. The van der Waals surface area contributed by atoms with Gasteiger partial charge in [0, 0.05) is 13.0 Å². The molecule has 0 saturated heterocycles. The number of nitrogens with one attached hydrogen (secondary N) is 1. The summed E-state index contributed by atoms with van der Waals surface area (Å²) in [5.41, 5.74) is 2.70. The van der Waals surface area contributed by atoms with Crippen molar-refractivity contribution in [3.05, 3.63) is 63.6 Å². The number of benzene rings is 2. The normalized spacial score (nSPS) is 12.4. The number of carbonyl (C=O) groups excluding carboxylic acids is 1. The van der Waals surface area contributed by atoms with Gasteiger partial charge in [0.1, 0.15) is 0 Å². The lowest BCUT2D eigenvalue weighted by Gasteiger charge is -2.23. The summed E-state index contributed by atoms with van der Waals surface area (Å²) in [6, 6.07) is 12.7. The van der Waals surface area contributed by atoms with E-state index in [0.29, 0.717) is 17.1 Å². The summed E-state index contributed by atoms with van der Waals surface area (Å²) >= 11 is 11.9. The molecule has 0 aliphatic rings. The van der Waals surface area contributed by atoms with Crippen LogP contribution in [0.2, 0.25) is 10.0 Å². The minimum absolute atomic E-state index is 0.116. The van der Waals surface area contributed by atoms with E-state index in [1.54, 1.807) is 12.1 Å². The van der Waals surface area contributed by atoms with E-state index in [9.17, 15) is 13.2 Å². The van der Waals surface area contributed by atoms with Crippen LogP contribution in [-0.4, -0.2) is 27.1 Å². The number of halogens is 2. The van der Waals surface area contributed by atoms with Crippen molar-refractivity contribution in [1.82, 2.24) is 5.32 Å². The maximum Gasteiger partial charge on any atom is 0.232 e. The molecule has 29 heavy (non-hydrogen) atoms. The summed E-state index contributed by atoms with van der Waals surface area (Å²) in [6.45, 7) is 4.19. The average molecular weight is 457 g/mol. The predicted molar refractivity (Wildman–Crippen MR) is 120 cm³/mol. The Labute approximate surface area is 183 Å². The zero-order chi connectivity index (χ0) is 21.6. The summed E-state index contributed by atoms with van der Waals surface area (Å²) in [7, 11) is -3.52. The number of carbonyl (C=O) groups is 1. The van der Waals surface area contributed by atoms with Crippen molar-refractivity contribution in [1.29, 1.82) is 0 Å². The smallest absolute Gasteiger partial charge is 0.232 e. The molecule has 0 aliphatic carbocycles. The molecule has 5 nitrogen and oxygen atoms in total. The minimum Gasteiger partial charge on any atom is -0.350 e. The summed E-state index contributed by atoms with van der Waals surface area (Å²) in [5, 5.41) is 3.58. The van der Waals surface area contributed by atoms with Gasteiger partial charge in [-0.25, -0.2) is 8.42 Å². The van der Waals surface area contributed by atoms with Gasteiger partial charge in [-0.3, -0.25) is 9.10 Å². The molecular formula is C21H26Cl2N2O3S. The fourth-order valence-corrected chi connectivity index (χ4v) is 4.20. The average Bonchev–Trinajstić information content (AvgIpc) is 2.66. The largest absolute Gasteiger partial charge is 0.350 e. The number of aryl methyl sites for hydroxylation is 1. The summed E-state index contributed by atoms with van der Waals surface area (Å²) < 4.78 is 25.6. The molecule has 0 heterocycles. The Balaban J connectivity index is 1.94. The highest BCUT2D eigenvalue weighted by Gasteiger charge is 2.19. The number of nitrogens with zero attached hydrogens (tertiary/aromatic N) is 1. The van der Waals surface area contributed by atoms with Gasteiger partial charge in [0.2, 0.25) is 15.9 Å². The van der Waals surface area contributed by atoms with E-state index in [4.69, 9.17) is 23.2 Å². The van der Waals surface area contributed by atoms with E-state index in [1.807, 2.05) is 19.1 Å². The van der Waals surface area contributed by atoms with Crippen molar-refractivity contribution in [3.8, 4) is 0 Å². The van der Waals surface area contributed by atoms with Crippen LogP contribution in [0.4, 0.5) is 5.69 Å². The van der Waals surface area contributed by atoms with Crippen molar-refractivity contribution in [2.24, 2.45) is 0 Å². The molecule has 1 atom stereocenters. The van der Waals surface area contributed by atoms with Crippen LogP contribution < -0.4 is 9.62 Å². The van der Waals surface area contributed by atoms with Crippen molar-refractivity contribution in [3.63, 3.8) is 0 Å². The molecule has 0 spiro atoms. The van der Waals surface area contributed by atoms with Crippen LogP contribution in [0.5, 0.6) is 0 Å². The number of sulfonamides is 1. The lowest BCUT2D eigenvalue weighted by Crippen LogP contribution is -2.32. The van der Waals surface area contributed by atoms with Crippen molar-refractivity contribution in [2.45, 2.75) is 39.2 Å². The molecule has 2 rings (SSSR count). The first kappa shape index (κ1) is 23.5. The van der Waals surface area contributed by atoms with E-state index in [0.717, 1.165) is 18.2 Å². The zero-order valence-corrected chi connectivity index (χ0v) is 19.1. The third kappa shape index (κ3) is 6.91. The van der Waals surface area contributed by atoms with E-state index in [1.165, 1.54) is 15.9 Å². The SMILES string of the molecule is CCc1ccc([C@@H](C)NC(=O)CCCN(c2ccc(Cl)c(Cl)c2)S(C)(=O)=O)cc1. The van der Waals surface area contributed by atoms with Gasteiger partial charge >= 0.3 is 0 Å². The van der Waals surface area contributed by atoms with E-state index in [-0.39, 0.29) is 29.9 Å². The Morgan fingerprint density at radius 3 is 2.31 bits per heavy atom. The van der Waals surface area contributed by atoms with Gasteiger partial charge in [-0.15, -0.1) is 0 Å². The van der Waals surface area contributed by atoms with Gasteiger partial charge in [0.25, 0.3) is 0 Å². The second kappa shape index (κ2) is 10.3. The van der Waals surface area contributed by atoms with Crippen LogP contribution in [0, 0.1) is 0 Å². The standard InChI is InChI=1S/C21H26Cl2N2O3S/c1-4-16-7-9-17(10-8-16)15(2)24-21(26)6-5-13-25(29(3,27)28)18-11-12-19(22)20(23)14-18/h7-12,14-15H,4-6,13H2,1-3H3,(H,24,26)/t15-/m1/s1. The molecule has 8 heteroatoms. The Morgan fingerprint density at radius 2 is 1.76 bits per heavy atom. The number of hydrogen-bond acceptors (Lipinski definition) is 3. The lowest BCUT2D eigenvalue weighted by atomic mass is 10.0. The van der Waals surface area contributed by atoms with Gasteiger partial charge < -0.3 is 5.32 Å². The van der Waals surface area contributed by atoms with Crippen molar-refractivity contribution >= 4 is 44.8 Å². The minimum atomic E-state index is -3.52. The summed E-state index contributed by atoms with van der Waals surface area (Å²) in [5.74, 6) is -0.125. The van der Waals surface area contributed by atoms with Crippen LogP contribution >= 0.6 is 23.2 Å². The Kier molecular flexibility index (Phi) is 8.37. The maximum atomic E-state index is 12.3. The van der Waals surface area contributed by atoms with Crippen molar-refractivity contribution < 1.29 is 13.2 Å². The predicted octanol–water partition coefficient (Wildman–Crippen LogP) is 4.98. The molecule has 0 bridgehead atoms. The highest BCUT2D eigenvalue weighted by atomic mass is 35.5. The van der Waals surface area contributed by atoms with E-state index >= 15 is 0 Å². The van der Waals surface area contributed by atoms with Crippen molar-refractivity contribution in [2.75, 3.05) is 17.1 Å². The molecule has 0 saturated carbocycles. The van der Waals surface area contributed by atoms with Crippen LogP contribution in [0.3, 0.4) is 0 Å². The molecule has 2 aromatic carbocycles. The maximum absolute atomic E-state index is 12.3. The van der Waals surface area contributed by atoms with Crippen LogP contribution in [0.15, 0.2) is 42.5 Å². The fourth-order valence-electron chi connectivity index (χ4n) is 2.95. The monoisotopic (exact) mass is 456 g/mol. The van der Waals surface area contributed by atoms with Gasteiger partial charge in [0.15, 0.2) is 0 Å². The first-order valence-electron chi connectivity index (χ1n) is 9.42. The first-order chi connectivity index (χ1) is 13.6. The highest BCUT2D eigenvalue weighted by Crippen LogP contribution is 2.28. The van der Waals surface area contributed by atoms with Crippen LogP contribution in [0.25, 0.3) is 0 Å².